The van der Waals surface area contributed by atoms with Crippen molar-refractivity contribution in [2.45, 2.75) is 52.5 Å². The van der Waals surface area contributed by atoms with Crippen molar-refractivity contribution in [3.63, 3.8) is 0 Å². The van der Waals surface area contributed by atoms with E-state index in [1.165, 1.54) is 30.6 Å². The second kappa shape index (κ2) is 4.47. The first-order valence-corrected chi connectivity index (χ1v) is 6.91. The Morgan fingerprint density at radius 2 is 2.00 bits per heavy atom. The summed E-state index contributed by atoms with van der Waals surface area (Å²) in [6.07, 6.45) is 5.22. The Kier molecular flexibility index (Phi) is 3.38. The minimum absolute atomic E-state index is 0.169. The number of rotatable bonds is 2. The zero-order chi connectivity index (χ0) is 11.8. The van der Waals surface area contributed by atoms with Crippen molar-refractivity contribution in [1.29, 1.82) is 0 Å². The summed E-state index contributed by atoms with van der Waals surface area (Å²) in [6, 6.07) is 2.64. The van der Waals surface area contributed by atoms with E-state index >= 15 is 0 Å². The molecule has 1 heterocycles. The van der Waals surface area contributed by atoms with Gasteiger partial charge in [0.15, 0.2) is 0 Å². The van der Waals surface area contributed by atoms with Crippen LogP contribution in [0, 0.1) is 5.41 Å². The summed E-state index contributed by atoms with van der Waals surface area (Å²) in [4.78, 5) is 2.99. The van der Waals surface area contributed by atoms with E-state index in [4.69, 9.17) is 5.84 Å². The van der Waals surface area contributed by atoms with Crippen molar-refractivity contribution in [2.24, 2.45) is 11.3 Å². The smallest absolute Gasteiger partial charge is 0.0601 e. The third kappa shape index (κ3) is 2.31. The first kappa shape index (κ1) is 12.1. The van der Waals surface area contributed by atoms with Crippen LogP contribution in [0.3, 0.4) is 0 Å². The Hall–Kier alpha value is -0.380. The van der Waals surface area contributed by atoms with Gasteiger partial charge >= 0.3 is 0 Å². The van der Waals surface area contributed by atoms with Gasteiger partial charge < -0.3 is 0 Å². The topological polar surface area (TPSA) is 38.0 Å². The summed E-state index contributed by atoms with van der Waals surface area (Å²) in [5, 5.41) is 0. The maximum atomic E-state index is 5.71. The molecule has 16 heavy (non-hydrogen) atoms. The van der Waals surface area contributed by atoms with Gasteiger partial charge in [-0.25, -0.2) is 0 Å². The van der Waals surface area contributed by atoms with Gasteiger partial charge in [-0.05, 0) is 42.7 Å². The van der Waals surface area contributed by atoms with Gasteiger partial charge in [0, 0.05) is 9.75 Å². The van der Waals surface area contributed by atoms with E-state index in [1.807, 2.05) is 11.3 Å². The molecule has 0 bridgehead atoms. The molecule has 0 fully saturated rings. The van der Waals surface area contributed by atoms with E-state index in [-0.39, 0.29) is 11.5 Å². The zero-order valence-corrected chi connectivity index (χ0v) is 11.3. The number of hydrogen-bond acceptors (Lipinski definition) is 3. The second-order valence-corrected chi connectivity index (χ2v) is 6.94. The molecule has 0 spiro atoms. The monoisotopic (exact) mass is 238 g/mol. The molecule has 1 aliphatic rings. The first-order chi connectivity index (χ1) is 7.52. The van der Waals surface area contributed by atoms with Gasteiger partial charge in [-0.1, -0.05) is 20.8 Å². The number of thiophene rings is 1. The van der Waals surface area contributed by atoms with Crippen LogP contribution < -0.4 is 11.3 Å². The lowest BCUT2D eigenvalue weighted by Crippen LogP contribution is -2.36. The third-order valence-electron chi connectivity index (χ3n) is 3.33. The Balaban J connectivity index is 2.29. The predicted molar refractivity (Wildman–Crippen MR) is 70.5 cm³/mol. The highest BCUT2D eigenvalue weighted by Crippen LogP contribution is 2.39. The number of nitrogens with two attached hydrogens (primary N) is 1. The average molecular weight is 238 g/mol. The minimum atomic E-state index is 0.169. The molecule has 2 nitrogen and oxygen atoms in total. The second-order valence-electron chi connectivity index (χ2n) is 5.77. The van der Waals surface area contributed by atoms with Crippen molar-refractivity contribution < 1.29 is 0 Å². The van der Waals surface area contributed by atoms with Crippen LogP contribution in [0.25, 0.3) is 0 Å². The fourth-order valence-corrected chi connectivity index (χ4v) is 3.98. The molecule has 0 amide bonds. The average Bonchev–Trinajstić information content (AvgIpc) is 2.59. The maximum absolute atomic E-state index is 5.71. The summed E-state index contributed by atoms with van der Waals surface area (Å²) >= 11 is 1.95. The SMILES string of the molecule is CC(C)(C)C(NN)c1cc2c(s1)CCCC2. The summed E-state index contributed by atoms with van der Waals surface area (Å²) < 4.78 is 0. The standard InChI is InChI=1S/C13H22N2S/c1-13(2,3)12(15-14)11-8-9-6-4-5-7-10(9)16-11/h8,12,15H,4-7,14H2,1-3H3. The van der Waals surface area contributed by atoms with Crippen LogP contribution in [-0.4, -0.2) is 0 Å². The Bertz CT molecular complexity index is 339. The molecule has 3 N–H and O–H groups in total. The molecule has 2 rings (SSSR count). The molecule has 1 aromatic heterocycles. The van der Waals surface area contributed by atoms with Gasteiger partial charge in [0.25, 0.3) is 0 Å². The molecule has 0 aliphatic heterocycles. The van der Waals surface area contributed by atoms with E-state index in [2.05, 4.69) is 32.3 Å². The first-order valence-electron chi connectivity index (χ1n) is 6.10. The largest absolute Gasteiger partial charge is 0.271 e. The molecule has 1 unspecified atom stereocenters. The molecule has 0 aromatic carbocycles. The summed E-state index contributed by atoms with van der Waals surface area (Å²) in [5.74, 6) is 5.71. The Morgan fingerprint density at radius 1 is 1.31 bits per heavy atom. The molecule has 0 radical (unpaired) electrons. The Morgan fingerprint density at radius 3 is 2.56 bits per heavy atom. The maximum Gasteiger partial charge on any atom is 0.0601 e. The molecule has 0 saturated heterocycles. The van der Waals surface area contributed by atoms with Gasteiger partial charge in [0.1, 0.15) is 0 Å². The van der Waals surface area contributed by atoms with Gasteiger partial charge in [-0.15, -0.1) is 11.3 Å². The van der Waals surface area contributed by atoms with E-state index in [0.29, 0.717) is 0 Å². The minimum Gasteiger partial charge on any atom is -0.271 e. The molecule has 0 saturated carbocycles. The number of nitrogens with one attached hydrogen (secondary N) is 1. The molecule has 90 valence electrons. The van der Waals surface area contributed by atoms with Gasteiger partial charge in [-0.2, -0.15) is 0 Å². The van der Waals surface area contributed by atoms with Crippen molar-refractivity contribution in [1.82, 2.24) is 5.43 Å². The fraction of sp³-hybridized carbons (Fsp3) is 0.692. The lowest BCUT2D eigenvalue weighted by Gasteiger charge is -2.29. The van der Waals surface area contributed by atoms with E-state index in [1.54, 1.807) is 10.4 Å². The number of aryl methyl sites for hydroxylation is 2. The van der Waals surface area contributed by atoms with Crippen LogP contribution in [0.1, 0.15) is 55.0 Å². The molecule has 3 heteroatoms. The summed E-state index contributed by atoms with van der Waals surface area (Å²) in [6.45, 7) is 6.70. The van der Waals surface area contributed by atoms with Crippen LogP contribution in [0.2, 0.25) is 0 Å². The van der Waals surface area contributed by atoms with Crippen LogP contribution in [-0.2, 0) is 12.8 Å². The predicted octanol–water partition coefficient (Wildman–Crippen LogP) is 3.18. The Labute approximate surface area is 102 Å². The van der Waals surface area contributed by atoms with E-state index in [9.17, 15) is 0 Å². The number of fused-ring (bicyclic) bond motifs is 1. The molecule has 1 atom stereocenters. The van der Waals surface area contributed by atoms with Crippen molar-refractivity contribution in [2.75, 3.05) is 0 Å². The van der Waals surface area contributed by atoms with Crippen molar-refractivity contribution in [3.05, 3.63) is 21.4 Å². The summed E-state index contributed by atoms with van der Waals surface area (Å²) in [5.41, 5.74) is 4.71. The van der Waals surface area contributed by atoms with Crippen molar-refractivity contribution in [3.8, 4) is 0 Å². The number of hydrogen-bond donors (Lipinski definition) is 2. The van der Waals surface area contributed by atoms with Crippen LogP contribution in [0.4, 0.5) is 0 Å². The highest BCUT2D eigenvalue weighted by atomic mass is 32.1. The molecular weight excluding hydrogens is 216 g/mol. The van der Waals surface area contributed by atoms with Gasteiger partial charge in [0.2, 0.25) is 0 Å². The highest BCUT2D eigenvalue weighted by molar-refractivity contribution is 7.12. The molecule has 1 aromatic rings. The highest BCUT2D eigenvalue weighted by Gasteiger charge is 2.28. The molecular formula is C13H22N2S. The van der Waals surface area contributed by atoms with Gasteiger partial charge in [-0.3, -0.25) is 11.3 Å². The fourth-order valence-electron chi connectivity index (χ4n) is 2.41. The quantitative estimate of drug-likeness (QED) is 0.613. The van der Waals surface area contributed by atoms with E-state index < -0.39 is 0 Å². The van der Waals surface area contributed by atoms with Crippen LogP contribution in [0.5, 0.6) is 0 Å². The normalized spacial score (nSPS) is 18.2. The van der Waals surface area contributed by atoms with Crippen LogP contribution in [0.15, 0.2) is 6.07 Å². The lowest BCUT2D eigenvalue weighted by atomic mass is 9.86. The zero-order valence-electron chi connectivity index (χ0n) is 10.5. The third-order valence-corrected chi connectivity index (χ3v) is 4.63. The van der Waals surface area contributed by atoms with Crippen LogP contribution >= 0.6 is 11.3 Å². The summed E-state index contributed by atoms with van der Waals surface area (Å²) in [7, 11) is 0. The van der Waals surface area contributed by atoms with Gasteiger partial charge in [0.05, 0.1) is 6.04 Å². The number of hydrazine groups is 1. The van der Waals surface area contributed by atoms with Crippen molar-refractivity contribution >= 4 is 11.3 Å². The lowest BCUT2D eigenvalue weighted by molar-refractivity contribution is 0.279. The van der Waals surface area contributed by atoms with E-state index in [0.717, 1.165) is 0 Å². The molecule has 1 aliphatic carbocycles.